The van der Waals surface area contributed by atoms with E-state index in [2.05, 4.69) is 0 Å². The zero-order valence-electron chi connectivity index (χ0n) is 13.2. The third kappa shape index (κ3) is 2.48. The van der Waals surface area contributed by atoms with E-state index in [0.29, 0.717) is 12.5 Å². The lowest BCUT2D eigenvalue weighted by Crippen LogP contribution is -2.49. The van der Waals surface area contributed by atoms with Crippen LogP contribution >= 0.6 is 0 Å². The van der Waals surface area contributed by atoms with Gasteiger partial charge in [0, 0.05) is 42.9 Å². The van der Waals surface area contributed by atoms with Crippen molar-refractivity contribution in [2.45, 2.75) is 25.8 Å². The molecule has 0 spiro atoms. The van der Waals surface area contributed by atoms with E-state index in [0.717, 1.165) is 36.3 Å². The Morgan fingerprint density at radius 1 is 1.04 bits per heavy atom. The first-order valence-electron chi connectivity index (χ1n) is 8.17. The van der Waals surface area contributed by atoms with Crippen molar-refractivity contribution < 1.29 is 4.79 Å². The lowest BCUT2D eigenvalue weighted by molar-refractivity contribution is 0.0594. The molecule has 3 heterocycles. The fourth-order valence-corrected chi connectivity index (χ4v) is 3.94. The Morgan fingerprint density at radius 3 is 2.61 bits per heavy atom. The van der Waals surface area contributed by atoms with Crippen LogP contribution in [0.2, 0.25) is 0 Å². The van der Waals surface area contributed by atoms with Crippen LogP contribution in [0.1, 0.15) is 34.0 Å². The maximum Gasteiger partial charge on any atom is 0.253 e. The zero-order valence-corrected chi connectivity index (χ0v) is 13.2. The van der Waals surface area contributed by atoms with Crippen molar-refractivity contribution in [1.29, 1.82) is 0 Å². The smallest absolute Gasteiger partial charge is 0.253 e. The van der Waals surface area contributed by atoms with Gasteiger partial charge in [-0.1, -0.05) is 23.8 Å². The van der Waals surface area contributed by atoms with Gasteiger partial charge in [-0.2, -0.15) is 0 Å². The van der Waals surface area contributed by atoms with E-state index in [1.165, 1.54) is 0 Å². The molecule has 0 aliphatic carbocycles. The number of aromatic nitrogens is 1. The summed E-state index contributed by atoms with van der Waals surface area (Å²) in [4.78, 5) is 26.8. The molecule has 2 atom stereocenters. The molecule has 118 valence electrons. The van der Waals surface area contributed by atoms with E-state index in [-0.39, 0.29) is 17.4 Å². The molecule has 2 unspecified atom stereocenters. The lowest BCUT2D eigenvalue weighted by Gasteiger charge is -2.42. The van der Waals surface area contributed by atoms with Gasteiger partial charge in [0.25, 0.3) is 11.5 Å². The summed E-state index contributed by atoms with van der Waals surface area (Å²) in [7, 11) is 0. The van der Waals surface area contributed by atoms with Crippen LogP contribution in [0.5, 0.6) is 0 Å². The van der Waals surface area contributed by atoms with Gasteiger partial charge in [0.15, 0.2) is 0 Å². The van der Waals surface area contributed by atoms with Gasteiger partial charge in [-0.25, -0.2) is 0 Å². The normalized spacial score (nSPS) is 22.6. The number of pyridine rings is 1. The Kier molecular flexibility index (Phi) is 3.33. The van der Waals surface area contributed by atoms with Crippen molar-refractivity contribution in [1.82, 2.24) is 9.47 Å². The second kappa shape index (κ2) is 5.37. The minimum atomic E-state index is 0.0792. The molecule has 2 aliphatic heterocycles. The van der Waals surface area contributed by atoms with Crippen LogP contribution in [0.3, 0.4) is 0 Å². The number of hydrogen-bond donors (Lipinski definition) is 0. The molecule has 2 aromatic rings. The molecule has 0 N–H and O–H groups in total. The Bertz CT molecular complexity index is 807. The van der Waals surface area contributed by atoms with Crippen LogP contribution in [-0.2, 0) is 6.54 Å². The van der Waals surface area contributed by atoms with Crippen molar-refractivity contribution in [3.8, 4) is 0 Å². The van der Waals surface area contributed by atoms with Gasteiger partial charge in [-0.15, -0.1) is 0 Å². The van der Waals surface area contributed by atoms with Gasteiger partial charge in [0.05, 0.1) is 0 Å². The zero-order chi connectivity index (χ0) is 16.0. The number of rotatable bonds is 1. The highest BCUT2D eigenvalue weighted by Gasteiger charge is 2.36. The SMILES string of the molecule is Cc1ccc(C(=O)N2CC3CC(C2)c2cccc(=O)n2C3)cc1. The molecule has 0 saturated carbocycles. The fraction of sp³-hybridized carbons (Fsp3) is 0.368. The van der Waals surface area contributed by atoms with Crippen molar-refractivity contribution >= 4 is 5.91 Å². The van der Waals surface area contributed by atoms with E-state index in [4.69, 9.17) is 0 Å². The Hall–Kier alpha value is -2.36. The number of nitrogens with zero attached hydrogens (tertiary/aromatic N) is 2. The topological polar surface area (TPSA) is 42.3 Å². The number of amides is 1. The highest BCUT2D eigenvalue weighted by atomic mass is 16.2. The molecule has 2 bridgehead atoms. The summed E-state index contributed by atoms with van der Waals surface area (Å²) in [5, 5.41) is 0. The first kappa shape index (κ1) is 14.2. The number of fused-ring (bicyclic) bond motifs is 4. The van der Waals surface area contributed by atoms with Crippen molar-refractivity contribution in [2.24, 2.45) is 5.92 Å². The maximum atomic E-state index is 12.8. The molecule has 1 aromatic heterocycles. The second-order valence-electron chi connectivity index (χ2n) is 6.77. The summed E-state index contributed by atoms with van der Waals surface area (Å²) in [5.41, 5.74) is 3.07. The van der Waals surface area contributed by atoms with Crippen molar-refractivity contribution in [3.05, 3.63) is 69.6 Å². The number of carbonyl (C=O) groups excluding carboxylic acids is 1. The fourth-order valence-electron chi connectivity index (χ4n) is 3.94. The number of benzene rings is 1. The molecule has 4 rings (SSSR count). The van der Waals surface area contributed by atoms with Gasteiger partial charge in [0.2, 0.25) is 0 Å². The highest BCUT2D eigenvalue weighted by Crippen LogP contribution is 2.35. The molecule has 1 aromatic carbocycles. The van der Waals surface area contributed by atoms with Crippen LogP contribution in [0, 0.1) is 12.8 Å². The number of carbonyl (C=O) groups is 1. The lowest BCUT2D eigenvalue weighted by atomic mass is 9.83. The van der Waals surface area contributed by atoms with E-state index in [1.54, 1.807) is 6.07 Å². The van der Waals surface area contributed by atoms with Crippen LogP contribution in [-0.4, -0.2) is 28.5 Å². The molecule has 23 heavy (non-hydrogen) atoms. The number of hydrogen-bond acceptors (Lipinski definition) is 2. The van der Waals surface area contributed by atoms with Gasteiger partial charge in [0.1, 0.15) is 0 Å². The first-order chi connectivity index (χ1) is 11.1. The predicted molar refractivity (Wildman–Crippen MR) is 88.6 cm³/mol. The molecule has 1 saturated heterocycles. The number of likely N-dealkylation sites (tertiary alicyclic amines) is 1. The van der Waals surface area contributed by atoms with Gasteiger partial charge in [-0.3, -0.25) is 9.59 Å². The predicted octanol–water partition coefficient (Wildman–Crippen LogP) is 2.42. The summed E-state index contributed by atoms with van der Waals surface area (Å²) in [6.45, 7) is 4.19. The van der Waals surface area contributed by atoms with Gasteiger partial charge in [-0.05, 0) is 37.5 Å². The van der Waals surface area contributed by atoms with E-state index >= 15 is 0 Å². The van der Waals surface area contributed by atoms with Crippen LogP contribution in [0.25, 0.3) is 0 Å². The van der Waals surface area contributed by atoms with Gasteiger partial charge < -0.3 is 9.47 Å². The van der Waals surface area contributed by atoms with E-state index in [9.17, 15) is 9.59 Å². The van der Waals surface area contributed by atoms with E-state index in [1.807, 2.05) is 52.8 Å². The van der Waals surface area contributed by atoms with Crippen molar-refractivity contribution in [2.75, 3.05) is 13.1 Å². The summed E-state index contributed by atoms with van der Waals surface area (Å²) in [6.07, 6.45) is 1.07. The largest absolute Gasteiger partial charge is 0.338 e. The van der Waals surface area contributed by atoms with Crippen LogP contribution < -0.4 is 5.56 Å². The molecule has 4 nitrogen and oxygen atoms in total. The molecule has 0 radical (unpaired) electrons. The standard InChI is InChI=1S/C19H20N2O2/c1-13-5-7-15(8-6-13)19(23)20-10-14-9-16(12-20)17-3-2-4-18(22)21(17)11-14/h2-8,14,16H,9-12H2,1H3. The molecule has 4 heteroatoms. The minimum absolute atomic E-state index is 0.0792. The quantitative estimate of drug-likeness (QED) is 0.812. The first-order valence-corrected chi connectivity index (χ1v) is 8.17. The number of piperidine rings is 1. The average molecular weight is 308 g/mol. The van der Waals surface area contributed by atoms with Crippen LogP contribution in [0.15, 0.2) is 47.3 Å². The summed E-state index contributed by atoms with van der Waals surface area (Å²) >= 11 is 0. The Labute approximate surface area is 135 Å². The van der Waals surface area contributed by atoms with Gasteiger partial charge >= 0.3 is 0 Å². The molecular weight excluding hydrogens is 288 g/mol. The number of aryl methyl sites for hydroxylation is 1. The molecule has 1 amide bonds. The van der Waals surface area contributed by atoms with Crippen LogP contribution in [0.4, 0.5) is 0 Å². The summed E-state index contributed by atoms with van der Waals surface area (Å²) < 4.78 is 1.90. The van der Waals surface area contributed by atoms with Crippen molar-refractivity contribution in [3.63, 3.8) is 0 Å². The average Bonchev–Trinajstić information content (AvgIpc) is 2.56. The molecule has 2 aliphatic rings. The third-order valence-electron chi connectivity index (χ3n) is 5.07. The Morgan fingerprint density at radius 2 is 1.83 bits per heavy atom. The Balaban J connectivity index is 1.62. The monoisotopic (exact) mass is 308 g/mol. The second-order valence-corrected chi connectivity index (χ2v) is 6.77. The molecule has 1 fully saturated rings. The minimum Gasteiger partial charge on any atom is -0.338 e. The van der Waals surface area contributed by atoms with E-state index < -0.39 is 0 Å². The maximum absolute atomic E-state index is 12.8. The summed E-state index contributed by atoms with van der Waals surface area (Å²) in [5.74, 6) is 0.743. The highest BCUT2D eigenvalue weighted by molar-refractivity contribution is 5.94. The third-order valence-corrected chi connectivity index (χ3v) is 5.07. The molecular formula is C19H20N2O2. The summed E-state index contributed by atoms with van der Waals surface area (Å²) in [6, 6.07) is 13.2.